The zero-order valence-electron chi connectivity index (χ0n) is 24.5. The number of hydrogen-bond donors (Lipinski definition) is 1. The van der Waals surface area contributed by atoms with E-state index in [1.165, 1.54) is 16.8 Å². The van der Waals surface area contributed by atoms with Gasteiger partial charge in [0, 0.05) is 45.9 Å². The second kappa shape index (κ2) is 13.3. The third kappa shape index (κ3) is 9.01. The van der Waals surface area contributed by atoms with E-state index in [9.17, 15) is 4.79 Å². The minimum absolute atomic E-state index is 0.0181. The Balaban J connectivity index is 1.67. The third-order valence-corrected chi connectivity index (χ3v) is 8.76. The second-order valence-electron chi connectivity index (χ2n) is 12.2. The fraction of sp³-hybridized carbons (Fsp3) is 0.469. The van der Waals surface area contributed by atoms with Crippen LogP contribution in [-0.4, -0.2) is 46.2 Å². The van der Waals surface area contributed by atoms with Crippen LogP contribution in [0.15, 0.2) is 70.5 Å². The number of halogens is 1. The van der Waals surface area contributed by atoms with Crippen molar-refractivity contribution in [2.75, 3.05) is 18.1 Å². The Kier molecular flexibility index (Phi) is 10.1. The summed E-state index contributed by atoms with van der Waals surface area (Å²) in [7, 11) is 0. The van der Waals surface area contributed by atoms with Gasteiger partial charge in [0.05, 0.1) is 10.9 Å². The average molecular weight is 598 g/mol. The topological polar surface area (TPSA) is 84.2 Å². The Morgan fingerprint density at radius 1 is 1.20 bits per heavy atom. The third-order valence-electron chi connectivity index (χ3n) is 6.92. The molecule has 0 amide bonds. The number of aromatic nitrogens is 1. The SMILES string of the molecule is CC(C)(/C=N/OCC(=O)O)CC1C(SC(C)(C)C)c2cc(OCc3ccccn3)ccc2N1CC1=CC=C(Cl)CC1. The molecule has 0 fully saturated rings. The van der Waals surface area contributed by atoms with Gasteiger partial charge in [0.25, 0.3) is 0 Å². The van der Waals surface area contributed by atoms with Gasteiger partial charge < -0.3 is 19.6 Å². The quantitative estimate of drug-likeness (QED) is 0.198. The zero-order valence-corrected chi connectivity index (χ0v) is 26.0. The largest absolute Gasteiger partial charge is 0.487 e. The maximum atomic E-state index is 10.9. The standard InChI is InChI=1S/C32H40ClN3O4S/c1-31(2,3)41-30-26-16-25(39-19-24-8-6-7-15-34-24)13-14-27(26)36(18-22-9-11-23(33)12-10-22)28(30)17-32(4,5)21-35-40-20-29(37)38/h6-9,11,13-16,21,28,30H,10,12,17-20H2,1-5H3,(H,37,38)/b35-21+. The maximum Gasteiger partial charge on any atom is 0.344 e. The van der Waals surface area contributed by atoms with E-state index in [-0.39, 0.29) is 21.5 Å². The van der Waals surface area contributed by atoms with E-state index in [1.54, 1.807) is 12.4 Å². The van der Waals surface area contributed by atoms with Crippen molar-refractivity contribution in [3.05, 3.63) is 76.6 Å². The van der Waals surface area contributed by atoms with E-state index in [1.807, 2.05) is 42.1 Å². The van der Waals surface area contributed by atoms with Crippen molar-refractivity contribution in [1.29, 1.82) is 0 Å². The van der Waals surface area contributed by atoms with Gasteiger partial charge >= 0.3 is 5.97 Å². The summed E-state index contributed by atoms with van der Waals surface area (Å²) < 4.78 is 6.22. The number of hydrogen-bond acceptors (Lipinski definition) is 7. The Morgan fingerprint density at radius 2 is 2.00 bits per heavy atom. The number of benzene rings is 1. The van der Waals surface area contributed by atoms with Crippen LogP contribution in [0.4, 0.5) is 5.69 Å². The lowest BCUT2D eigenvalue weighted by atomic mass is 9.85. The van der Waals surface area contributed by atoms with Crippen molar-refractivity contribution in [3.8, 4) is 5.75 Å². The Labute approximate surface area is 252 Å². The van der Waals surface area contributed by atoms with Gasteiger partial charge in [-0.05, 0) is 61.2 Å². The number of allylic oxidation sites excluding steroid dienone is 3. The minimum Gasteiger partial charge on any atom is -0.487 e. The smallest absolute Gasteiger partial charge is 0.344 e. The van der Waals surface area contributed by atoms with Gasteiger partial charge in [0.15, 0.2) is 0 Å². The molecule has 0 bridgehead atoms. The lowest BCUT2D eigenvalue weighted by molar-refractivity contribution is -0.142. The Bertz CT molecular complexity index is 1300. The van der Waals surface area contributed by atoms with Crippen LogP contribution in [0.2, 0.25) is 0 Å². The van der Waals surface area contributed by atoms with Crippen LogP contribution in [-0.2, 0) is 16.2 Å². The first kappa shape index (κ1) is 31.0. The highest BCUT2D eigenvalue weighted by atomic mass is 35.5. The molecular formula is C32H40ClN3O4S. The van der Waals surface area contributed by atoms with Crippen LogP contribution < -0.4 is 9.64 Å². The number of rotatable bonds is 12. The number of nitrogens with zero attached hydrogens (tertiary/aromatic N) is 3. The highest BCUT2D eigenvalue weighted by Gasteiger charge is 2.43. The van der Waals surface area contributed by atoms with Gasteiger partial charge in [-0.1, -0.05) is 69.1 Å². The number of oxime groups is 1. The molecule has 1 N–H and O–H groups in total. The normalized spacial score (nSPS) is 19.1. The van der Waals surface area contributed by atoms with Crippen molar-refractivity contribution >= 4 is 41.2 Å². The van der Waals surface area contributed by atoms with Crippen molar-refractivity contribution < 1.29 is 19.5 Å². The molecule has 0 saturated carbocycles. The van der Waals surface area contributed by atoms with E-state index in [0.717, 1.165) is 42.3 Å². The molecule has 2 unspecified atom stereocenters. The fourth-order valence-electron chi connectivity index (χ4n) is 5.11. The molecule has 1 aromatic heterocycles. The summed E-state index contributed by atoms with van der Waals surface area (Å²) in [6.45, 7) is 11.7. The molecule has 1 aromatic carbocycles. The van der Waals surface area contributed by atoms with Crippen LogP contribution in [0.3, 0.4) is 0 Å². The number of carboxylic acid groups (broad SMARTS) is 1. The first-order chi connectivity index (χ1) is 19.4. The molecule has 0 saturated heterocycles. The van der Waals surface area contributed by atoms with Crippen molar-refractivity contribution in [3.63, 3.8) is 0 Å². The molecular weight excluding hydrogens is 558 g/mol. The van der Waals surface area contributed by atoms with Gasteiger partial charge in [-0.15, -0.1) is 11.8 Å². The predicted octanol–water partition coefficient (Wildman–Crippen LogP) is 7.77. The van der Waals surface area contributed by atoms with Gasteiger partial charge in [0.2, 0.25) is 6.61 Å². The summed E-state index contributed by atoms with van der Waals surface area (Å²) >= 11 is 8.24. The van der Waals surface area contributed by atoms with E-state index in [4.69, 9.17) is 26.3 Å². The summed E-state index contributed by atoms with van der Waals surface area (Å²) in [5.74, 6) is -0.223. The Morgan fingerprint density at radius 3 is 2.66 bits per heavy atom. The number of anilines is 1. The summed E-state index contributed by atoms with van der Waals surface area (Å²) in [4.78, 5) is 22.8. The predicted molar refractivity (Wildman–Crippen MR) is 168 cm³/mol. The molecule has 220 valence electrons. The molecule has 4 rings (SSSR count). The van der Waals surface area contributed by atoms with E-state index >= 15 is 0 Å². The summed E-state index contributed by atoms with van der Waals surface area (Å²) in [5, 5.41) is 14.0. The monoisotopic (exact) mass is 597 g/mol. The molecule has 0 radical (unpaired) electrons. The number of aliphatic carboxylic acids is 1. The lowest BCUT2D eigenvalue weighted by Crippen LogP contribution is -2.39. The zero-order chi connectivity index (χ0) is 29.6. The summed E-state index contributed by atoms with van der Waals surface area (Å²) in [6.07, 6.45) is 10.3. The van der Waals surface area contributed by atoms with E-state index in [0.29, 0.717) is 6.61 Å². The average Bonchev–Trinajstić information content (AvgIpc) is 3.16. The van der Waals surface area contributed by atoms with Crippen LogP contribution >= 0.6 is 23.4 Å². The number of thioether (sulfide) groups is 1. The van der Waals surface area contributed by atoms with Gasteiger partial charge in [-0.3, -0.25) is 4.98 Å². The Hall–Kier alpha value is -2.97. The number of ether oxygens (including phenoxy) is 1. The molecule has 2 atom stereocenters. The second-order valence-corrected chi connectivity index (χ2v) is 14.7. The summed E-state index contributed by atoms with van der Waals surface area (Å²) in [6, 6.07) is 12.4. The first-order valence-corrected chi connectivity index (χ1v) is 15.2. The first-order valence-electron chi connectivity index (χ1n) is 13.9. The fourth-order valence-corrected chi connectivity index (χ4v) is 6.75. The van der Waals surface area contributed by atoms with Crippen LogP contribution in [0.25, 0.3) is 0 Å². The van der Waals surface area contributed by atoms with Gasteiger partial charge in [0.1, 0.15) is 12.4 Å². The van der Waals surface area contributed by atoms with E-state index in [2.05, 4.69) is 67.9 Å². The highest BCUT2D eigenvalue weighted by molar-refractivity contribution is 8.00. The van der Waals surface area contributed by atoms with Gasteiger partial charge in [-0.2, -0.15) is 0 Å². The molecule has 0 spiro atoms. The minimum atomic E-state index is -1.05. The maximum absolute atomic E-state index is 10.9. The molecule has 7 nitrogen and oxygen atoms in total. The number of fused-ring (bicyclic) bond motifs is 1. The van der Waals surface area contributed by atoms with Crippen molar-refractivity contribution in [2.45, 2.75) is 76.5 Å². The summed E-state index contributed by atoms with van der Waals surface area (Å²) in [5.41, 5.74) is 4.35. The number of pyridine rings is 1. The molecule has 41 heavy (non-hydrogen) atoms. The lowest BCUT2D eigenvalue weighted by Gasteiger charge is -2.37. The van der Waals surface area contributed by atoms with Gasteiger partial charge in [-0.25, -0.2) is 4.79 Å². The highest BCUT2D eigenvalue weighted by Crippen LogP contribution is 2.54. The van der Waals surface area contributed by atoms with Crippen molar-refractivity contribution in [1.82, 2.24) is 4.98 Å². The number of carboxylic acids is 1. The van der Waals surface area contributed by atoms with Crippen LogP contribution in [0.5, 0.6) is 5.75 Å². The molecule has 1 aliphatic carbocycles. The molecule has 2 heterocycles. The van der Waals surface area contributed by atoms with Crippen LogP contribution in [0.1, 0.15) is 70.4 Å². The molecule has 2 aromatic rings. The van der Waals surface area contributed by atoms with E-state index < -0.39 is 12.6 Å². The molecule has 1 aliphatic heterocycles. The van der Waals surface area contributed by atoms with Crippen LogP contribution in [0, 0.1) is 5.41 Å². The van der Waals surface area contributed by atoms with Crippen molar-refractivity contribution in [2.24, 2.45) is 10.6 Å². The molecule has 9 heteroatoms. The molecule has 2 aliphatic rings. The number of carbonyl (C=O) groups is 1.